The van der Waals surface area contributed by atoms with Crippen LogP contribution in [0.2, 0.25) is 0 Å². The number of carbonyl (C=O) groups excluding carboxylic acids is 2. The zero-order chi connectivity index (χ0) is 14.3. The molecule has 1 aromatic rings. The lowest BCUT2D eigenvalue weighted by Crippen LogP contribution is -2.43. The van der Waals surface area contributed by atoms with E-state index < -0.39 is 0 Å². The smallest absolute Gasteiger partial charge is 0.247 e. The van der Waals surface area contributed by atoms with Gasteiger partial charge in [0.2, 0.25) is 11.8 Å². The average molecular weight is 292 g/mol. The van der Waals surface area contributed by atoms with Gasteiger partial charge in [-0.25, -0.2) is 0 Å². The molecule has 2 aliphatic rings. The Bertz CT molecular complexity index is 536. The van der Waals surface area contributed by atoms with Crippen LogP contribution in [0, 0.1) is 6.92 Å². The van der Waals surface area contributed by atoms with E-state index in [0.29, 0.717) is 6.42 Å². The van der Waals surface area contributed by atoms with E-state index in [9.17, 15) is 9.59 Å². The van der Waals surface area contributed by atoms with Crippen molar-refractivity contribution in [2.45, 2.75) is 57.7 Å². The number of hydrogen-bond donors (Lipinski definition) is 1. The monoisotopic (exact) mass is 292 g/mol. The van der Waals surface area contributed by atoms with Crippen molar-refractivity contribution in [2.75, 3.05) is 0 Å². The van der Waals surface area contributed by atoms with Gasteiger partial charge in [-0.05, 0) is 45.2 Å². The Kier molecular flexibility index (Phi) is 3.65. The largest absolute Gasteiger partial charge is 0.303 e. The van der Waals surface area contributed by atoms with Gasteiger partial charge in [0.25, 0.3) is 0 Å². The summed E-state index contributed by atoms with van der Waals surface area (Å²) in [6.45, 7) is 4.17. The van der Waals surface area contributed by atoms with Crippen LogP contribution in [0.1, 0.15) is 35.9 Å². The van der Waals surface area contributed by atoms with Gasteiger partial charge in [0.1, 0.15) is 0 Å². The molecule has 0 spiro atoms. The van der Waals surface area contributed by atoms with Gasteiger partial charge in [-0.3, -0.25) is 14.5 Å². The fraction of sp³-hybridized carbons (Fsp3) is 0.600. The SMILES string of the molecule is Cc1ccc(CC(C)NC2CC(=O)N(C3CC3)C2=O)s1. The molecule has 2 heterocycles. The van der Waals surface area contributed by atoms with Gasteiger partial charge in [0, 0.05) is 21.8 Å². The summed E-state index contributed by atoms with van der Waals surface area (Å²) in [5.74, 6) is -0.0270. The van der Waals surface area contributed by atoms with Crippen LogP contribution in [-0.2, 0) is 16.0 Å². The maximum absolute atomic E-state index is 12.2. The first-order valence-corrected chi connectivity index (χ1v) is 8.03. The highest BCUT2D eigenvalue weighted by Crippen LogP contribution is 2.31. The van der Waals surface area contributed by atoms with E-state index in [0.717, 1.165) is 19.3 Å². The molecule has 0 radical (unpaired) electrons. The van der Waals surface area contributed by atoms with Gasteiger partial charge in [-0.15, -0.1) is 11.3 Å². The Morgan fingerprint density at radius 2 is 2.15 bits per heavy atom. The van der Waals surface area contributed by atoms with E-state index in [4.69, 9.17) is 0 Å². The second kappa shape index (κ2) is 5.30. The quantitative estimate of drug-likeness (QED) is 0.843. The molecule has 1 aromatic heterocycles. The molecule has 108 valence electrons. The normalized spacial score (nSPS) is 24.5. The average Bonchev–Trinajstić information content (AvgIpc) is 3.06. The molecule has 0 aromatic carbocycles. The van der Waals surface area contributed by atoms with E-state index in [-0.39, 0.29) is 29.9 Å². The molecule has 5 heteroatoms. The van der Waals surface area contributed by atoms with Gasteiger partial charge in [-0.1, -0.05) is 0 Å². The molecule has 1 saturated carbocycles. The van der Waals surface area contributed by atoms with Crippen molar-refractivity contribution in [1.29, 1.82) is 0 Å². The summed E-state index contributed by atoms with van der Waals surface area (Å²) in [5, 5.41) is 3.32. The molecule has 4 nitrogen and oxygen atoms in total. The van der Waals surface area contributed by atoms with Crippen LogP contribution in [-0.4, -0.2) is 34.8 Å². The fourth-order valence-electron chi connectivity index (χ4n) is 2.80. The number of amides is 2. The molecule has 0 bridgehead atoms. The number of likely N-dealkylation sites (tertiary alicyclic amines) is 1. The number of aryl methyl sites for hydroxylation is 1. The third-order valence-corrected chi connectivity index (χ3v) is 4.91. The van der Waals surface area contributed by atoms with E-state index in [2.05, 4.69) is 31.3 Å². The lowest BCUT2D eigenvalue weighted by Gasteiger charge is -2.18. The van der Waals surface area contributed by atoms with E-state index in [1.54, 1.807) is 11.3 Å². The standard InChI is InChI=1S/C15H20N2O2S/c1-9(7-12-6-3-10(2)20-12)16-13-8-14(18)17(15(13)19)11-4-5-11/h3,6,9,11,13,16H,4-5,7-8H2,1-2H3. The van der Waals surface area contributed by atoms with Crippen LogP contribution >= 0.6 is 11.3 Å². The van der Waals surface area contributed by atoms with Gasteiger partial charge in [0.15, 0.2) is 0 Å². The molecule has 3 rings (SSSR count). The highest BCUT2D eigenvalue weighted by atomic mass is 32.1. The first-order chi connectivity index (χ1) is 9.54. The summed E-state index contributed by atoms with van der Waals surface area (Å²) in [5.41, 5.74) is 0. The molecule has 20 heavy (non-hydrogen) atoms. The number of thiophene rings is 1. The van der Waals surface area contributed by atoms with Crippen molar-refractivity contribution < 1.29 is 9.59 Å². The highest BCUT2D eigenvalue weighted by molar-refractivity contribution is 7.11. The molecule has 2 unspecified atom stereocenters. The Morgan fingerprint density at radius 3 is 2.75 bits per heavy atom. The Morgan fingerprint density at radius 1 is 1.40 bits per heavy atom. The van der Waals surface area contributed by atoms with Crippen LogP contribution in [0.15, 0.2) is 12.1 Å². The summed E-state index contributed by atoms with van der Waals surface area (Å²) in [4.78, 5) is 28.2. The predicted molar refractivity (Wildman–Crippen MR) is 78.6 cm³/mol. The van der Waals surface area contributed by atoms with Crippen molar-refractivity contribution in [3.05, 3.63) is 21.9 Å². The van der Waals surface area contributed by atoms with Crippen molar-refractivity contribution in [1.82, 2.24) is 10.2 Å². The molecule has 1 aliphatic carbocycles. The first kappa shape index (κ1) is 13.8. The van der Waals surface area contributed by atoms with E-state index >= 15 is 0 Å². The van der Waals surface area contributed by atoms with E-state index in [1.807, 2.05) is 0 Å². The summed E-state index contributed by atoms with van der Waals surface area (Å²) < 4.78 is 0. The molecule has 1 aliphatic heterocycles. The molecule has 1 saturated heterocycles. The van der Waals surface area contributed by atoms with Crippen molar-refractivity contribution in [3.63, 3.8) is 0 Å². The topological polar surface area (TPSA) is 49.4 Å². The number of carbonyl (C=O) groups is 2. The second-order valence-corrected chi connectivity index (χ2v) is 7.25. The lowest BCUT2D eigenvalue weighted by atomic mass is 10.1. The second-order valence-electron chi connectivity index (χ2n) is 5.87. The van der Waals surface area contributed by atoms with Gasteiger partial charge in [0.05, 0.1) is 12.5 Å². The maximum Gasteiger partial charge on any atom is 0.247 e. The van der Waals surface area contributed by atoms with E-state index in [1.165, 1.54) is 14.7 Å². The molecular formula is C15H20N2O2S. The van der Waals surface area contributed by atoms with Crippen molar-refractivity contribution >= 4 is 23.2 Å². The number of imide groups is 1. The number of nitrogens with zero attached hydrogens (tertiary/aromatic N) is 1. The minimum atomic E-state index is -0.320. The molecule has 2 fully saturated rings. The third kappa shape index (κ3) is 2.79. The van der Waals surface area contributed by atoms with Crippen LogP contribution < -0.4 is 5.32 Å². The number of hydrogen-bond acceptors (Lipinski definition) is 4. The van der Waals surface area contributed by atoms with Crippen molar-refractivity contribution in [2.24, 2.45) is 0 Å². The molecule has 2 amide bonds. The summed E-state index contributed by atoms with van der Waals surface area (Å²) in [7, 11) is 0. The third-order valence-electron chi connectivity index (χ3n) is 3.88. The maximum atomic E-state index is 12.2. The zero-order valence-electron chi connectivity index (χ0n) is 11.9. The Balaban J connectivity index is 1.57. The van der Waals surface area contributed by atoms with Crippen LogP contribution in [0.25, 0.3) is 0 Å². The molecule has 2 atom stereocenters. The molecular weight excluding hydrogens is 272 g/mol. The number of nitrogens with one attached hydrogen (secondary N) is 1. The highest BCUT2D eigenvalue weighted by Gasteiger charge is 2.46. The zero-order valence-corrected chi connectivity index (χ0v) is 12.7. The summed E-state index contributed by atoms with van der Waals surface area (Å²) in [6, 6.07) is 4.33. The van der Waals surface area contributed by atoms with Gasteiger partial charge < -0.3 is 5.32 Å². The van der Waals surface area contributed by atoms with Crippen LogP contribution in [0.3, 0.4) is 0 Å². The van der Waals surface area contributed by atoms with Crippen LogP contribution in [0.5, 0.6) is 0 Å². The Labute approximate surface area is 123 Å². The lowest BCUT2D eigenvalue weighted by molar-refractivity contribution is -0.139. The van der Waals surface area contributed by atoms with Crippen molar-refractivity contribution in [3.8, 4) is 0 Å². The number of rotatable bonds is 5. The molecule has 1 N–H and O–H groups in total. The van der Waals surface area contributed by atoms with Gasteiger partial charge in [-0.2, -0.15) is 0 Å². The fourth-order valence-corrected chi connectivity index (χ4v) is 3.82. The minimum Gasteiger partial charge on any atom is -0.303 e. The van der Waals surface area contributed by atoms with Gasteiger partial charge >= 0.3 is 0 Å². The predicted octanol–water partition coefficient (Wildman–Crippen LogP) is 1.87. The summed E-state index contributed by atoms with van der Waals surface area (Å²) >= 11 is 1.79. The Hall–Kier alpha value is -1.20. The first-order valence-electron chi connectivity index (χ1n) is 7.22. The summed E-state index contributed by atoms with van der Waals surface area (Å²) in [6.07, 6.45) is 3.19. The minimum absolute atomic E-state index is 0.00540. The van der Waals surface area contributed by atoms with Crippen LogP contribution in [0.4, 0.5) is 0 Å².